The van der Waals surface area contributed by atoms with Crippen molar-refractivity contribution in [3.05, 3.63) is 206 Å². The Morgan fingerprint density at radius 1 is 0.300 bits per heavy atom. The topological polar surface area (TPSA) is 140 Å². The number of nitrogens with zero attached hydrogens (tertiary/aromatic N) is 3. The summed E-state index contributed by atoms with van der Waals surface area (Å²) in [5.41, 5.74) is 9.75. The first kappa shape index (κ1) is 42.1. The zero-order valence-corrected chi connectivity index (χ0v) is 37.9. The lowest BCUT2D eigenvalue weighted by atomic mass is 9.92. The van der Waals surface area contributed by atoms with Gasteiger partial charge in [-0.05, 0) is 85.1 Å². The van der Waals surface area contributed by atoms with E-state index in [0.717, 1.165) is 66.6 Å². The lowest BCUT2D eigenvalue weighted by Gasteiger charge is -2.14. The number of rotatable bonds is 8. The fourth-order valence-corrected chi connectivity index (χ4v) is 10.5. The van der Waals surface area contributed by atoms with Gasteiger partial charge in [0.1, 0.15) is 22.8 Å². The van der Waals surface area contributed by atoms with Crippen molar-refractivity contribution < 1.29 is 25.5 Å². The number of aromatic hydroxyl groups is 5. The summed E-state index contributed by atoms with van der Waals surface area (Å²) in [5, 5.41) is 62.8. The van der Waals surface area contributed by atoms with Crippen LogP contribution in [0.25, 0.3) is 121 Å². The molecule has 10 aromatic carbocycles. The molecule has 0 bridgehead atoms. The summed E-state index contributed by atoms with van der Waals surface area (Å²) in [7, 11) is 0. The van der Waals surface area contributed by atoms with E-state index in [0.29, 0.717) is 22.3 Å². The Kier molecular flexibility index (Phi) is 10.3. The molecule has 9 heteroatoms. The van der Waals surface area contributed by atoms with Gasteiger partial charge in [-0.1, -0.05) is 182 Å². The fraction of sp³-hybridized carbons (Fsp3) is 0. The van der Waals surface area contributed by atoms with Crippen molar-refractivity contribution in [1.29, 1.82) is 0 Å². The average molecular weight is 926 g/mol. The number of benzene rings is 10. The minimum atomic E-state index is -0.708. The van der Waals surface area contributed by atoms with Crippen LogP contribution in [0, 0.1) is 0 Å². The molecule has 0 aliphatic heterocycles. The predicted molar refractivity (Wildman–Crippen MR) is 282 cm³/mol. The van der Waals surface area contributed by atoms with Crippen molar-refractivity contribution in [3.63, 3.8) is 0 Å². The molecule has 8 nitrogen and oxygen atoms in total. The van der Waals surface area contributed by atoms with Gasteiger partial charge in [-0.2, -0.15) is 0 Å². The number of aromatic nitrogens is 3. The second kappa shape index (κ2) is 17.1. The van der Waals surface area contributed by atoms with Crippen LogP contribution >= 0.6 is 11.3 Å². The van der Waals surface area contributed by atoms with Crippen LogP contribution in [0.15, 0.2) is 206 Å². The molecule has 0 fully saturated rings. The van der Waals surface area contributed by atoms with Crippen LogP contribution in [0.3, 0.4) is 0 Å². The Hall–Kier alpha value is -9.31. The van der Waals surface area contributed by atoms with Crippen molar-refractivity contribution in [1.82, 2.24) is 15.0 Å². The molecular weight excluding hydrogens is 887 g/mol. The van der Waals surface area contributed by atoms with Gasteiger partial charge in [0.05, 0.1) is 20.2 Å². The summed E-state index contributed by atoms with van der Waals surface area (Å²) in [4.78, 5) is 14.6. The van der Waals surface area contributed by atoms with E-state index in [1.54, 1.807) is 0 Å². The average Bonchev–Trinajstić information content (AvgIpc) is 3.84. The lowest BCUT2D eigenvalue weighted by molar-refractivity contribution is 0.404. The number of hydrogen-bond donors (Lipinski definition) is 5. The highest BCUT2D eigenvalue weighted by molar-refractivity contribution is 7.26. The fourth-order valence-electron chi connectivity index (χ4n) is 9.37. The van der Waals surface area contributed by atoms with Crippen molar-refractivity contribution in [3.8, 4) is 119 Å². The van der Waals surface area contributed by atoms with Gasteiger partial charge < -0.3 is 25.5 Å². The number of hydrogen-bond acceptors (Lipinski definition) is 9. The van der Waals surface area contributed by atoms with Gasteiger partial charge in [-0.3, -0.25) is 0 Å². The molecule has 5 N–H and O–H groups in total. The van der Waals surface area contributed by atoms with Crippen molar-refractivity contribution in [2.75, 3.05) is 0 Å². The van der Waals surface area contributed by atoms with E-state index in [4.69, 9.17) is 15.0 Å². The second-order valence-electron chi connectivity index (χ2n) is 17.1. The molecule has 0 aliphatic rings. The summed E-state index contributed by atoms with van der Waals surface area (Å²) < 4.78 is 0.295. The van der Waals surface area contributed by atoms with Crippen LogP contribution in [0.2, 0.25) is 0 Å². The van der Waals surface area contributed by atoms with Gasteiger partial charge in [0.15, 0.2) is 29.0 Å². The van der Waals surface area contributed by atoms with E-state index in [9.17, 15) is 25.5 Å². The minimum Gasteiger partial charge on any atom is -0.507 e. The second-order valence-corrected chi connectivity index (χ2v) is 18.1. The molecule has 12 rings (SSSR count). The quantitative estimate of drug-likeness (QED) is 0.0750. The Labute approximate surface area is 405 Å². The normalized spacial score (nSPS) is 11.4. The van der Waals surface area contributed by atoms with Crippen LogP contribution in [0.4, 0.5) is 0 Å². The SMILES string of the molecule is Oc1c(-c2nc(-c3ccc(-c4ccccc4)cc3)nc(-c3ccc(-c4cccc5ccccc45)cc3)n2)c(O)c2sc3c(O)cc(-c4cc(-c5ccccc5)cc(-c5ccccc5)c4)c(O)c3c2c1O. The van der Waals surface area contributed by atoms with Gasteiger partial charge in [-0.15, -0.1) is 11.3 Å². The van der Waals surface area contributed by atoms with E-state index in [2.05, 4.69) is 30.3 Å². The Balaban J connectivity index is 1.02. The Morgan fingerprint density at radius 3 is 1.36 bits per heavy atom. The van der Waals surface area contributed by atoms with Crippen molar-refractivity contribution in [2.24, 2.45) is 0 Å². The number of phenolic OH excluding ortho intramolecular Hbond substituents is 5. The van der Waals surface area contributed by atoms with Crippen molar-refractivity contribution in [2.45, 2.75) is 0 Å². The number of thiophene rings is 1. The van der Waals surface area contributed by atoms with Crippen LogP contribution in [0.5, 0.6) is 28.7 Å². The van der Waals surface area contributed by atoms with E-state index in [1.807, 2.05) is 170 Å². The molecule has 334 valence electrons. The summed E-state index contributed by atoms with van der Waals surface area (Å²) >= 11 is 0.963. The van der Waals surface area contributed by atoms with Gasteiger partial charge in [0.25, 0.3) is 0 Å². The summed E-state index contributed by atoms with van der Waals surface area (Å²) in [6, 6.07) is 67.2. The van der Waals surface area contributed by atoms with E-state index in [-0.39, 0.29) is 54.7 Å². The predicted octanol–water partition coefficient (Wildman–Crippen LogP) is 15.3. The van der Waals surface area contributed by atoms with Crippen LogP contribution in [0.1, 0.15) is 0 Å². The summed E-state index contributed by atoms with van der Waals surface area (Å²) in [6.45, 7) is 0. The van der Waals surface area contributed by atoms with Gasteiger partial charge >= 0.3 is 0 Å². The maximum Gasteiger partial charge on any atom is 0.173 e. The molecule has 0 atom stereocenters. The van der Waals surface area contributed by atoms with Gasteiger partial charge in [-0.25, -0.2) is 15.0 Å². The highest BCUT2D eigenvalue weighted by Crippen LogP contribution is 2.58. The highest BCUT2D eigenvalue weighted by atomic mass is 32.1. The molecule has 0 amide bonds. The Bertz CT molecular complexity index is 3910. The van der Waals surface area contributed by atoms with Crippen LogP contribution < -0.4 is 0 Å². The molecule has 0 aliphatic carbocycles. The maximum atomic E-state index is 12.3. The summed E-state index contributed by atoms with van der Waals surface area (Å²) in [6.07, 6.45) is 0. The molecule has 0 saturated carbocycles. The molecule has 2 heterocycles. The van der Waals surface area contributed by atoms with Crippen LogP contribution in [-0.2, 0) is 0 Å². The molecule has 70 heavy (non-hydrogen) atoms. The lowest BCUT2D eigenvalue weighted by Crippen LogP contribution is -2.01. The molecule has 0 spiro atoms. The third-order valence-corrected chi connectivity index (χ3v) is 14.1. The first-order chi connectivity index (χ1) is 34.3. The molecule has 12 aromatic rings. The zero-order chi connectivity index (χ0) is 47.5. The number of fused-ring (bicyclic) bond motifs is 4. The van der Waals surface area contributed by atoms with Gasteiger partial charge in [0.2, 0.25) is 0 Å². The standard InChI is InChI=1S/C61H39N3O5S/c65-49-34-48(45-32-43(36-15-6-2-7-16-36)31-44(33-45)37-17-8-3-9-18-37)53(66)50-51-54(67)55(68)52(56(69)58(51)70-57(49)50)61-63-59(41-27-23-38(24-28-41)35-13-4-1-5-14-35)62-60(64-61)42-29-25-40(26-30-42)47-22-12-20-39-19-10-11-21-46(39)47/h1-34,65-69H. The molecule has 0 unspecified atom stereocenters. The summed E-state index contributed by atoms with van der Waals surface area (Å²) in [5.74, 6) is -1.79. The first-order valence-corrected chi connectivity index (χ1v) is 23.4. The highest BCUT2D eigenvalue weighted by Gasteiger charge is 2.30. The third kappa shape index (κ3) is 7.29. The van der Waals surface area contributed by atoms with E-state index >= 15 is 0 Å². The Morgan fingerprint density at radius 2 is 0.757 bits per heavy atom. The van der Waals surface area contributed by atoms with Gasteiger partial charge in [0, 0.05) is 16.7 Å². The maximum absolute atomic E-state index is 12.3. The van der Waals surface area contributed by atoms with E-state index in [1.165, 1.54) is 6.07 Å². The molecular formula is C61H39N3O5S. The minimum absolute atomic E-state index is 0.0362. The first-order valence-electron chi connectivity index (χ1n) is 22.6. The van der Waals surface area contributed by atoms with Crippen LogP contribution in [-0.4, -0.2) is 40.5 Å². The third-order valence-electron chi connectivity index (χ3n) is 12.9. The largest absolute Gasteiger partial charge is 0.507 e. The van der Waals surface area contributed by atoms with Crippen molar-refractivity contribution >= 4 is 42.3 Å². The monoisotopic (exact) mass is 925 g/mol. The molecule has 0 radical (unpaired) electrons. The molecule has 2 aromatic heterocycles. The zero-order valence-electron chi connectivity index (χ0n) is 37.1. The molecule has 0 saturated heterocycles. The number of phenols is 5. The van der Waals surface area contributed by atoms with E-state index < -0.39 is 17.2 Å². The smallest absolute Gasteiger partial charge is 0.173 e.